The van der Waals surface area contributed by atoms with Crippen molar-refractivity contribution in [2.75, 3.05) is 26.2 Å². The van der Waals surface area contributed by atoms with Gasteiger partial charge < -0.3 is 9.80 Å². The van der Waals surface area contributed by atoms with E-state index in [0.29, 0.717) is 31.5 Å². The number of likely N-dealkylation sites (tertiary alicyclic amines) is 2. The van der Waals surface area contributed by atoms with Crippen molar-refractivity contribution in [1.82, 2.24) is 9.80 Å². The van der Waals surface area contributed by atoms with Crippen LogP contribution in [-0.2, 0) is 23.7 Å². The fourth-order valence-electron chi connectivity index (χ4n) is 4.94. The summed E-state index contributed by atoms with van der Waals surface area (Å²) in [5.74, 6) is -0.146. The molecule has 1 aromatic rings. The number of piperidine rings is 1. The first kappa shape index (κ1) is 24.9. The lowest BCUT2D eigenvalue weighted by atomic mass is 9.73. The first-order valence-corrected chi connectivity index (χ1v) is 11.1. The van der Waals surface area contributed by atoms with Crippen LogP contribution in [-0.4, -0.2) is 41.9 Å². The topological polar surface area (TPSA) is 23.6 Å². The molecule has 2 aliphatic heterocycles. The zero-order chi connectivity index (χ0) is 23.7. The van der Waals surface area contributed by atoms with E-state index in [4.69, 9.17) is 0 Å². The number of halogens is 6. The molecule has 0 spiro atoms. The summed E-state index contributed by atoms with van der Waals surface area (Å²) in [4.78, 5) is 17.1. The Bertz CT molecular complexity index is 781. The molecule has 2 aliphatic rings. The molecule has 2 fully saturated rings. The standard InChI is InChI=1S/C23H30F6N2O/c1-16(2)21(6-10-30-8-4-3-5-9-30)7-11-31(20(21)32)15-17-12-18(22(24,25)26)14-19(13-17)23(27,28)29/h12-14,16H,3-11,15H2,1-2H3. The van der Waals surface area contributed by atoms with E-state index in [9.17, 15) is 31.1 Å². The van der Waals surface area contributed by atoms with Gasteiger partial charge in [-0.25, -0.2) is 0 Å². The second-order valence-electron chi connectivity index (χ2n) is 9.35. The third kappa shape index (κ3) is 5.41. The van der Waals surface area contributed by atoms with Gasteiger partial charge in [0.15, 0.2) is 0 Å². The number of carbonyl (C=O) groups is 1. The van der Waals surface area contributed by atoms with Crippen LogP contribution in [0.4, 0.5) is 26.3 Å². The second-order valence-corrected chi connectivity index (χ2v) is 9.35. The van der Waals surface area contributed by atoms with Crippen molar-refractivity contribution in [2.45, 2.75) is 64.8 Å². The maximum Gasteiger partial charge on any atom is 0.416 e. The zero-order valence-electron chi connectivity index (χ0n) is 18.5. The van der Waals surface area contributed by atoms with Crippen LogP contribution < -0.4 is 0 Å². The molecular weight excluding hydrogens is 434 g/mol. The third-order valence-electron chi connectivity index (χ3n) is 6.99. The van der Waals surface area contributed by atoms with Gasteiger partial charge in [-0.3, -0.25) is 4.79 Å². The van der Waals surface area contributed by atoms with Crippen LogP contribution in [0.25, 0.3) is 0 Å². The average Bonchev–Trinajstić information content (AvgIpc) is 3.02. The number of nitrogens with zero attached hydrogens (tertiary/aromatic N) is 2. The van der Waals surface area contributed by atoms with Crippen molar-refractivity contribution in [2.24, 2.45) is 11.3 Å². The van der Waals surface area contributed by atoms with Crippen molar-refractivity contribution in [3.8, 4) is 0 Å². The van der Waals surface area contributed by atoms with Gasteiger partial charge in [-0.05, 0) is 75.0 Å². The minimum Gasteiger partial charge on any atom is -0.338 e. The van der Waals surface area contributed by atoms with E-state index >= 15 is 0 Å². The predicted octanol–water partition coefficient (Wildman–Crippen LogP) is 5.97. The third-order valence-corrected chi connectivity index (χ3v) is 6.99. The van der Waals surface area contributed by atoms with Crippen LogP contribution in [0.2, 0.25) is 0 Å². The summed E-state index contributed by atoms with van der Waals surface area (Å²) in [6.07, 6.45) is -5.13. The Balaban J connectivity index is 1.80. The molecule has 0 saturated carbocycles. The first-order valence-electron chi connectivity index (χ1n) is 11.1. The molecule has 1 unspecified atom stereocenters. The molecule has 180 valence electrons. The lowest BCUT2D eigenvalue weighted by molar-refractivity contribution is -0.143. The van der Waals surface area contributed by atoms with Gasteiger partial charge >= 0.3 is 12.4 Å². The molecule has 3 rings (SSSR count). The van der Waals surface area contributed by atoms with Crippen molar-refractivity contribution in [3.05, 3.63) is 34.9 Å². The molecule has 32 heavy (non-hydrogen) atoms. The highest BCUT2D eigenvalue weighted by molar-refractivity contribution is 5.85. The SMILES string of the molecule is CC(C)C1(CCN2CCCCC2)CCN(Cc2cc(C(F)(F)F)cc(C(F)(F)F)c2)C1=O. The molecule has 0 bridgehead atoms. The highest BCUT2D eigenvalue weighted by Crippen LogP contribution is 2.43. The summed E-state index contributed by atoms with van der Waals surface area (Å²) in [5.41, 5.74) is -3.49. The van der Waals surface area contributed by atoms with Crippen LogP contribution in [0.1, 0.15) is 62.6 Å². The van der Waals surface area contributed by atoms with E-state index in [1.807, 2.05) is 13.8 Å². The maximum absolute atomic E-state index is 13.4. The normalized spacial score (nSPS) is 23.4. The van der Waals surface area contributed by atoms with Crippen LogP contribution in [0, 0.1) is 11.3 Å². The molecule has 0 aromatic heterocycles. The van der Waals surface area contributed by atoms with Crippen molar-refractivity contribution in [3.63, 3.8) is 0 Å². The number of hydrogen-bond donors (Lipinski definition) is 0. The quantitative estimate of drug-likeness (QED) is 0.484. The molecule has 0 aliphatic carbocycles. The molecule has 9 heteroatoms. The van der Waals surface area contributed by atoms with Gasteiger partial charge in [0, 0.05) is 13.1 Å². The van der Waals surface area contributed by atoms with Crippen LogP contribution in [0.3, 0.4) is 0 Å². The molecule has 1 atom stereocenters. The lowest BCUT2D eigenvalue weighted by Gasteiger charge is -2.35. The average molecular weight is 464 g/mol. The smallest absolute Gasteiger partial charge is 0.338 e. The summed E-state index contributed by atoms with van der Waals surface area (Å²) < 4.78 is 79.1. The molecule has 2 heterocycles. The highest BCUT2D eigenvalue weighted by Gasteiger charge is 2.48. The Morgan fingerprint density at radius 1 is 0.906 bits per heavy atom. The predicted molar refractivity (Wildman–Crippen MR) is 109 cm³/mol. The van der Waals surface area contributed by atoms with E-state index in [-0.39, 0.29) is 30.0 Å². The number of carbonyl (C=O) groups excluding carboxylic acids is 1. The largest absolute Gasteiger partial charge is 0.416 e. The molecule has 0 radical (unpaired) electrons. The Hall–Kier alpha value is -1.77. The van der Waals surface area contributed by atoms with E-state index in [0.717, 1.165) is 32.5 Å². The minimum absolute atomic E-state index is 0.0250. The van der Waals surface area contributed by atoms with Crippen molar-refractivity contribution in [1.29, 1.82) is 0 Å². The van der Waals surface area contributed by atoms with E-state index in [1.165, 1.54) is 11.3 Å². The van der Waals surface area contributed by atoms with E-state index in [1.54, 1.807) is 0 Å². The Morgan fingerprint density at radius 3 is 1.97 bits per heavy atom. The molecule has 1 aromatic carbocycles. The number of benzene rings is 1. The Labute approximate surface area is 184 Å². The number of alkyl halides is 6. The lowest BCUT2D eigenvalue weighted by Crippen LogP contribution is -2.41. The highest BCUT2D eigenvalue weighted by atomic mass is 19.4. The Morgan fingerprint density at radius 2 is 1.47 bits per heavy atom. The molecule has 1 amide bonds. The van der Waals surface area contributed by atoms with Gasteiger partial charge in [0.05, 0.1) is 16.5 Å². The molecule has 2 saturated heterocycles. The summed E-state index contributed by atoms with van der Waals surface area (Å²) in [7, 11) is 0. The minimum atomic E-state index is -4.90. The van der Waals surface area contributed by atoms with Gasteiger partial charge in [0.2, 0.25) is 5.91 Å². The fourth-order valence-corrected chi connectivity index (χ4v) is 4.94. The van der Waals surface area contributed by atoms with Gasteiger partial charge in [-0.1, -0.05) is 20.3 Å². The Kier molecular flexibility index (Phi) is 7.17. The molecule has 0 N–H and O–H groups in total. The molecular formula is C23H30F6N2O. The van der Waals surface area contributed by atoms with Gasteiger partial charge in [0.1, 0.15) is 0 Å². The summed E-state index contributed by atoms with van der Waals surface area (Å²) in [6, 6.07) is 1.55. The van der Waals surface area contributed by atoms with Crippen LogP contribution >= 0.6 is 0 Å². The van der Waals surface area contributed by atoms with Gasteiger partial charge in [0.25, 0.3) is 0 Å². The fraction of sp³-hybridized carbons (Fsp3) is 0.696. The monoisotopic (exact) mass is 464 g/mol. The van der Waals surface area contributed by atoms with Crippen molar-refractivity contribution >= 4 is 5.91 Å². The van der Waals surface area contributed by atoms with E-state index in [2.05, 4.69) is 4.90 Å². The molecule has 3 nitrogen and oxygen atoms in total. The van der Waals surface area contributed by atoms with Crippen LogP contribution in [0.5, 0.6) is 0 Å². The second kappa shape index (κ2) is 9.23. The van der Waals surface area contributed by atoms with Gasteiger partial charge in [-0.2, -0.15) is 26.3 Å². The van der Waals surface area contributed by atoms with E-state index < -0.39 is 28.9 Å². The maximum atomic E-state index is 13.4. The van der Waals surface area contributed by atoms with Crippen LogP contribution in [0.15, 0.2) is 18.2 Å². The first-order chi connectivity index (χ1) is 14.8. The van der Waals surface area contributed by atoms with Crippen molar-refractivity contribution < 1.29 is 31.1 Å². The van der Waals surface area contributed by atoms with Gasteiger partial charge in [-0.15, -0.1) is 0 Å². The number of hydrogen-bond acceptors (Lipinski definition) is 2. The number of rotatable bonds is 6. The number of amides is 1. The zero-order valence-corrected chi connectivity index (χ0v) is 18.5. The summed E-state index contributed by atoms with van der Waals surface area (Å²) >= 11 is 0. The summed E-state index contributed by atoms with van der Waals surface area (Å²) in [5, 5.41) is 0. The summed E-state index contributed by atoms with van der Waals surface area (Å²) in [6.45, 7) is 6.76.